The van der Waals surface area contributed by atoms with E-state index in [1.165, 1.54) is 12.1 Å². The van der Waals surface area contributed by atoms with Gasteiger partial charge in [-0.15, -0.1) is 0 Å². The number of hydrogen-bond acceptors (Lipinski definition) is 4. The lowest BCUT2D eigenvalue weighted by molar-refractivity contribution is 0.252. The Kier molecular flexibility index (Phi) is 7.40. The number of hydrogen-bond donors (Lipinski definition) is 3. The van der Waals surface area contributed by atoms with Crippen molar-refractivity contribution in [1.29, 1.82) is 0 Å². The molecule has 2 aromatic rings. The second-order valence-electron chi connectivity index (χ2n) is 5.91. The zero-order valence-electron chi connectivity index (χ0n) is 14.7. The van der Waals surface area contributed by atoms with Gasteiger partial charge in [-0.3, -0.25) is 0 Å². The molecule has 0 aliphatic carbocycles. The lowest BCUT2D eigenvalue weighted by Gasteiger charge is -2.08. The summed E-state index contributed by atoms with van der Waals surface area (Å²) in [6.45, 7) is 5.88. The quantitative estimate of drug-likeness (QED) is 0.608. The Morgan fingerprint density at radius 2 is 1.84 bits per heavy atom. The Bertz CT molecular complexity index is 651. The molecule has 0 aliphatic rings. The fourth-order valence-corrected chi connectivity index (χ4v) is 2.40. The van der Waals surface area contributed by atoms with E-state index in [1.54, 1.807) is 26.0 Å². The lowest BCUT2D eigenvalue weighted by Crippen LogP contribution is -2.30. The van der Waals surface area contributed by atoms with E-state index >= 15 is 0 Å². The molecule has 1 heterocycles. The summed E-state index contributed by atoms with van der Waals surface area (Å²) in [5.74, 6) is 0.389. The van der Waals surface area contributed by atoms with Gasteiger partial charge in [-0.2, -0.15) is 0 Å². The molecule has 136 valence electrons. The molecule has 25 heavy (non-hydrogen) atoms. The van der Waals surface area contributed by atoms with Crippen LogP contribution in [0.2, 0.25) is 0 Å². The molecule has 0 fully saturated rings. The first-order valence-electron chi connectivity index (χ1n) is 8.49. The molecule has 0 spiro atoms. The summed E-state index contributed by atoms with van der Waals surface area (Å²) in [7, 11) is 0. The van der Waals surface area contributed by atoms with Gasteiger partial charge in [0.15, 0.2) is 5.76 Å². The number of nitrogens with zero attached hydrogens (tertiary/aromatic N) is 1. The van der Waals surface area contributed by atoms with Crippen LogP contribution in [0.4, 0.5) is 14.9 Å². The van der Waals surface area contributed by atoms with Gasteiger partial charge in [0.2, 0.25) is 0 Å². The van der Waals surface area contributed by atoms with Crippen molar-refractivity contribution >= 4 is 11.7 Å². The average molecular weight is 348 g/mol. The number of amides is 2. The number of halogens is 1. The number of benzene rings is 1. The van der Waals surface area contributed by atoms with E-state index in [9.17, 15) is 9.18 Å². The summed E-state index contributed by atoms with van der Waals surface area (Å²) >= 11 is 0. The minimum atomic E-state index is -0.251. The molecule has 0 saturated carbocycles. The molecule has 0 saturated heterocycles. The van der Waals surface area contributed by atoms with Gasteiger partial charge in [0, 0.05) is 6.54 Å². The third kappa shape index (κ3) is 6.54. The smallest absolute Gasteiger partial charge is 0.319 e. The van der Waals surface area contributed by atoms with Crippen LogP contribution in [0.1, 0.15) is 29.9 Å². The van der Waals surface area contributed by atoms with Crippen LogP contribution in [0, 0.1) is 19.7 Å². The number of aromatic nitrogens is 1. The van der Waals surface area contributed by atoms with Gasteiger partial charge in [-0.25, -0.2) is 9.18 Å². The summed E-state index contributed by atoms with van der Waals surface area (Å²) in [5.41, 5.74) is 2.41. The molecule has 2 amide bonds. The molecule has 0 aliphatic heterocycles. The Labute approximate surface area is 147 Å². The normalized spacial score (nSPS) is 10.7. The Balaban J connectivity index is 1.49. The third-order valence-corrected chi connectivity index (χ3v) is 3.84. The van der Waals surface area contributed by atoms with Gasteiger partial charge in [-0.1, -0.05) is 17.3 Å². The highest BCUT2D eigenvalue weighted by atomic mass is 19.1. The van der Waals surface area contributed by atoms with Crippen molar-refractivity contribution < 1.29 is 13.7 Å². The summed E-state index contributed by atoms with van der Waals surface area (Å²) in [4.78, 5) is 11.8. The average Bonchev–Trinajstić information content (AvgIpc) is 2.91. The minimum absolute atomic E-state index is 0.206. The molecule has 2 rings (SSSR count). The number of urea groups is 1. The predicted molar refractivity (Wildman–Crippen MR) is 95.2 cm³/mol. The first-order chi connectivity index (χ1) is 12.1. The lowest BCUT2D eigenvalue weighted by atomic mass is 10.1. The van der Waals surface area contributed by atoms with Gasteiger partial charge >= 0.3 is 6.03 Å². The van der Waals surface area contributed by atoms with Crippen molar-refractivity contribution in [3.8, 4) is 0 Å². The molecule has 6 nitrogen and oxygen atoms in total. The zero-order chi connectivity index (χ0) is 18.1. The van der Waals surface area contributed by atoms with Crippen molar-refractivity contribution in [2.45, 2.75) is 33.1 Å². The second-order valence-corrected chi connectivity index (χ2v) is 5.91. The van der Waals surface area contributed by atoms with Gasteiger partial charge in [-0.05, 0) is 63.9 Å². The summed E-state index contributed by atoms with van der Waals surface area (Å²) in [5, 5.41) is 12.7. The topological polar surface area (TPSA) is 79.2 Å². The SMILES string of the molecule is Cc1noc(C)c1NC(=O)NCCCCNCCc1ccc(F)cc1. The summed E-state index contributed by atoms with van der Waals surface area (Å²) < 4.78 is 17.8. The Morgan fingerprint density at radius 3 is 2.52 bits per heavy atom. The van der Waals surface area contributed by atoms with E-state index in [4.69, 9.17) is 4.52 Å². The minimum Gasteiger partial charge on any atom is -0.359 e. The van der Waals surface area contributed by atoms with Crippen molar-refractivity contribution in [3.05, 3.63) is 47.1 Å². The molecule has 1 aromatic heterocycles. The number of aryl methyl sites for hydroxylation is 2. The second kappa shape index (κ2) is 9.78. The van der Waals surface area contributed by atoms with Crippen LogP contribution >= 0.6 is 0 Å². The predicted octanol–water partition coefficient (Wildman–Crippen LogP) is 3.16. The monoisotopic (exact) mass is 348 g/mol. The highest BCUT2D eigenvalue weighted by Crippen LogP contribution is 2.18. The molecule has 0 atom stereocenters. The maximum atomic E-state index is 12.8. The van der Waals surface area contributed by atoms with Crippen molar-refractivity contribution in [3.63, 3.8) is 0 Å². The number of carbonyl (C=O) groups is 1. The van der Waals surface area contributed by atoms with E-state index in [-0.39, 0.29) is 11.8 Å². The zero-order valence-corrected chi connectivity index (χ0v) is 14.7. The van der Waals surface area contributed by atoms with Crippen LogP contribution in [-0.4, -0.2) is 30.8 Å². The Hall–Kier alpha value is -2.41. The van der Waals surface area contributed by atoms with Crippen LogP contribution in [0.3, 0.4) is 0 Å². The van der Waals surface area contributed by atoms with Gasteiger partial charge in [0.05, 0.1) is 0 Å². The van der Waals surface area contributed by atoms with Crippen molar-refractivity contribution in [1.82, 2.24) is 15.8 Å². The van der Waals surface area contributed by atoms with Crippen LogP contribution in [0.25, 0.3) is 0 Å². The van der Waals surface area contributed by atoms with Crippen molar-refractivity contribution in [2.75, 3.05) is 25.0 Å². The standard InChI is InChI=1S/C18H25FN4O2/c1-13-17(14(2)25-23-13)22-18(24)21-11-4-3-10-20-12-9-15-5-7-16(19)8-6-15/h5-8,20H,3-4,9-12H2,1-2H3,(H2,21,22,24). The Morgan fingerprint density at radius 1 is 1.12 bits per heavy atom. The fraction of sp³-hybridized carbons (Fsp3) is 0.444. The van der Waals surface area contributed by atoms with Crippen LogP contribution < -0.4 is 16.0 Å². The number of rotatable bonds is 9. The largest absolute Gasteiger partial charge is 0.359 e. The number of nitrogens with one attached hydrogen (secondary N) is 3. The van der Waals surface area contributed by atoms with Crippen LogP contribution in [0.5, 0.6) is 0 Å². The molecule has 1 aromatic carbocycles. The number of unbranched alkanes of at least 4 members (excludes halogenated alkanes) is 1. The van der Waals surface area contributed by atoms with Crippen molar-refractivity contribution in [2.24, 2.45) is 0 Å². The molecule has 3 N–H and O–H groups in total. The molecular weight excluding hydrogens is 323 g/mol. The molecule has 0 bridgehead atoms. The maximum Gasteiger partial charge on any atom is 0.319 e. The van der Waals surface area contributed by atoms with E-state index < -0.39 is 0 Å². The van der Waals surface area contributed by atoms with E-state index in [0.29, 0.717) is 23.7 Å². The maximum absolute atomic E-state index is 12.8. The van der Waals surface area contributed by atoms with Crippen LogP contribution in [-0.2, 0) is 6.42 Å². The molecular formula is C18H25FN4O2. The molecule has 0 radical (unpaired) electrons. The van der Waals surface area contributed by atoms with E-state index in [2.05, 4.69) is 21.1 Å². The number of anilines is 1. The third-order valence-electron chi connectivity index (χ3n) is 3.84. The molecule has 7 heteroatoms. The fourth-order valence-electron chi connectivity index (χ4n) is 2.40. The van der Waals surface area contributed by atoms with Gasteiger partial charge < -0.3 is 20.5 Å². The first kappa shape index (κ1) is 18.9. The number of carbonyl (C=O) groups excluding carboxylic acids is 1. The van der Waals surface area contributed by atoms with Crippen LogP contribution in [0.15, 0.2) is 28.8 Å². The highest BCUT2D eigenvalue weighted by molar-refractivity contribution is 5.90. The van der Waals surface area contributed by atoms with E-state index in [0.717, 1.165) is 37.9 Å². The summed E-state index contributed by atoms with van der Waals surface area (Å²) in [6, 6.07) is 6.32. The van der Waals surface area contributed by atoms with E-state index in [1.807, 2.05) is 0 Å². The van der Waals surface area contributed by atoms with Gasteiger partial charge in [0.25, 0.3) is 0 Å². The molecule has 0 unspecified atom stereocenters. The first-order valence-corrected chi connectivity index (χ1v) is 8.49. The summed E-state index contributed by atoms with van der Waals surface area (Å²) in [6.07, 6.45) is 2.73. The highest BCUT2D eigenvalue weighted by Gasteiger charge is 2.11. The van der Waals surface area contributed by atoms with Gasteiger partial charge in [0.1, 0.15) is 17.2 Å².